The Kier molecular flexibility index (Phi) is 6.25. The number of rotatable bonds is 5. The molecule has 0 amide bonds. The van der Waals surface area contributed by atoms with Gasteiger partial charge in [0.1, 0.15) is 0 Å². The molecule has 154 valence electrons. The van der Waals surface area contributed by atoms with Crippen LogP contribution in [-0.4, -0.2) is 33.0 Å². The van der Waals surface area contributed by atoms with E-state index in [1.165, 1.54) is 7.11 Å². The third-order valence-electron chi connectivity index (χ3n) is 5.03. The number of fused-ring (bicyclic) bond motifs is 1. The summed E-state index contributed by atoms with van der Waals surface area (Å²) in [5.41, 5.74) is 4.41. The van der Waals surface area contributed by atoms with Crippen molar-refractivity contribution in [3.63, 3.8) is 0 Å². The van der Waals surface area contributed by atoms with E-state index < -0.39 is 10.8 Å². The molecule has 1 unspecified atom stereocenters. The van der Waals surface area contributed by atoms with E-state index in [9.17, 15) is 9.00 Å². The lowest BCUT2D eigenvalue weighted by Gasteiger charge is -2.19. The number of aromatic nitrogens is 2. The van der Waals surface area contributed by atoms with Gasteiger partial charge in [0.25, 0.3) is 0 Å². The number of methoxy groups -OCH3 is 1. The van der Waals surface area contributed by atoms with Crippen molar-refractivity contribution in [3.05, 3.63) is 76.1 Å². The number of nitrogens with zero attached hydrogens (tertiary/aromatic N) is 2. The van der Waals surface area contributed by atoms with Crippen LogP contribution in [0.1, 0.15) is 28.9 Å². The Bertz CT molecular complexity index is 1120. The highest BCUT2D eigenvalue weighted by Gasteiger charge is 2.24. The lowest BCUT2D eigenvalue weighted by molar-refractivity contribution is -0.139. The van der Waals surface area contributed by atoms with Gasteiger partial charge in [0, 0.05) is 22.8 Å². The highest BCUT2D eigenvalue weighted by molar-refractivity contribution is 7.85. The second-order valence-corrected chi connectivity index (χ2v) is 9.12. The lowest BCUT2D eigenvalue weighted by Crippen LogP contribution is -2.17. The topological polar surface area (TPSA) is 69.2 Å². The van der Waals surface area contributed by atoms with Crippen molar-refractivity contribution in [3.8, 4) is 11.4 Å². The molecule has 5 nitrogen and oxygen atoms in total. The van der Waals surface area contributed by atoms with Crippen LogP contribution in [0, 0.1) is 0 Å². The SMILES string of the molecule is COC(=O)Cc1ccc(Cc2nc(-c3cccc(Cl)c3)nc3c2S(=O)CCC3)cc1. The number of carbonyl (C=O) groups is 1. The van der Waals surface area contributed by atoms with E-state index in [2.05, 4.69) is 0 Å². The molecule has 3 aromatic rings. The van der Waals surface area contributed by atoms with E-state index >= 15 is 0 Å². The molecule has 0 saturated heterocycles. The first kappa shape index (κ1) is 20.7. The number of esters is 1. The first-order valence-electron chi connectivity index (χ1n) is 9.72. The summed E-state index contributed by atoms with van der Waals surface area (Å²) in [5.74, 6) is 0.972. The van der Waals surface area contributed by atoms with Crippen molar-refractivity contribution in [2.75, 3.05) is 12.9 Å². The number of benzene rings is 2. The summed E-state index contributed by atoms with van der Waals surface area (Å²) in [6, 6.07) is 15.2. The van der Waals surface area contributed by atoms with Crippen molar-refractivity contribution in [1.29, 1.82) is 0 Å². The molecule has 0 bridgehead atoms. The van der Waals surface area contributed by atoms with Crippen LogP contribution in [0.4, 0.5) is 0 Å². The summed E-state index contributed by atoms with van der Waals surface area (Å²) in [4.78, 5) is 21.7. The summed E-state index contributed by atoms with van der Waals surface area (Å²) >= 11 is 6.16. The van der Waals surface area contributed by atoms with E-state index in [1.54, 1.807) is 0 Å². The zero-order valence-corrected chi connectivity index (χ0v) is 18.1. The number of hydrogen-bond acceptors (Lipinski definition) is 5. The fraction of sp³-hybridized carbons (Fsp3) is 0.261. The minimum atomic E-state index is -1.10. The maximum atomic E-state index is 12.8. The van der Waals surface area contributed by atoms with E-state index in [0.717, 1.165) is 45.8 Å². The van der Waals surface area contributed by atoms with Crippen molar-refractivity contribution >= 4 is 28.4 Å². The maximum absolute atomic E-state index is 12.8. The van der Waals surface area contributed by atoms with Gasteiger partial charge in [-0.2, -0.15) is 0 Å². The minimum Gasteiger partial charge on any atom is -0.469 e. The van der Waals surface area contributed by atoms with E-state index in [1.807, 2.05) is 48.5 Å². The Labute approximate surface area is 182 Å². The molecule has 1 atom stereocenters. The minimum absolute atomic E-state index is 0.239. The third kappa shape index (κ3) is 4.60. The zero-order chi connectivity index (χ0) is 21.1. The molecule has 0 radical (unpaired) electrons. The van der Waals surface area contributed by atoms with Gasteiger partial charge in [-0.05, 0) is 36.1 Å². The Morgan fingerprint density at radius 2 is 1.90 bits per heavy atom. The smallest absolute Gasteiger partial charge is 0.309 e. The van der Waals surface area contributed by atoms with Crippen LogP contribution in [-0.2, 0) is 39.6 Å². The van der Waals surface area contributed by atoms with Crippen LogP contribution in [0.5, 0.6) is 0 Å². The van der Waals surface area contributed by atoms with Crippen LogP contribution in [0.2, 0.25) is 5.02 Å². The third-order valence-corrected chi connectivity index (χ3v) is 6.85. The number of hydrogen-bond donors (Lipinski definition) is 0. The molecule has 1 aromatic heterocycles. The average Bonchev–Trinajstić information content (AvgIpc) is 2.75. The van der Waals surface area contributed by atoms with Crippen LogP contribution >= 0.6 is 11.6 Å². The number of halogens is 1. The molecule has 7 heteroatoms. The summed E-state index contributed by atoms with van der Waals surface area (Å²) in [6.45, 7) is 0. The number of carbonyl (C=O) groups excluding carboxylic acids is 1. The van der Waals surface area contributed by atoms with Crippen LogP contribution in [0.25, 0.3) is 11.4 Å². The van der Waals surface area contributed by atoms with Crippen LogP contribution in [0.15, 0.2) is 53.4 Å². The Hall–Kier alpha value is -2.57. The highest BCUT2D eigenvalue weighted by atomic mass is 35.5. The summed E-state index contributed by atoms with van der Waals surface area (Å²) in [7, 11) is 0.286. The van der Waals surface area contributed by atoms with Gasteiger partial charge < -0.3 is 4.74 Å². The molecule has 0 N–H and O–H groups in total. The lowest BCUT2D eigenvalue weighted by atomic mass is 10.0. The molecular formula is C23H21ClN2O3S. The van der Waals surface area contributed by atoms with E-state index in [4.69, 9.17) is 26.3 Å². The molecule has 2 heterocycles. The first-order chi connectivity index (χ1) is 14.5. The predicted octanol–water partition coefficient (Wildman–Crippen LogP) is 4.16. The summed E-state index contributed by atoms with van der Waals surface area (Å²) < 4.78 is 17.5. The quantitative estimate of drug-likeness (QED) is 0.557. The molecule has 1 aliphatic rings. The van der Waals surface area contributed by atoms with Gasteiger partial charge in [-0.3, -0.25) is 9.00 Å². The molecule has 0 aliphatic carbocycles. The molecular weight excluding hydrogens is 420 g/mol. The Balaban J connectivity index is 1.70. The van der Waals surface area contributed by atoms with Crippen molar-refractivity contribution in [1.82, 2.24) is 9.97 Å². The van der Waals surface area contributed by atoms with Crippen molar-refractivity contribution < 1.29 is 13.7 Å². The van der Waals surface area contributed by atoms with Gasteiger partial charge in [-0.15, -0.1) is 0 Å². The monoisotopic (exact) mass is 440 g/mol. The highest BCUT2D eigenvalue weighted by Crippen LogP contribution is 2.29. The van der Waals surface area contributed by atoms with Crippen molar-refractivity contribution in [2.45, 2.75) is 30.6 Å². The molecule has 30 heavy (non-hydrogen) atoms. The van der Waals surface area contributed by atoms with Gasteiger partial charge in [-0.25, -0.2) is 9.97 Å². The van der Waals surface area contributed by atoms with Gasteiger partial charge in [0.2, 0.25) is 0 Å². The molecule has 0 fully saturated rings. The van der Waals surface area contributed by atoms with Gasteiger partial charge in [0.05, 0.1) is 40.6 Å². The fourth-order valence-electron chi connectivity index (χ4n) is 3.54. The summed E-state index contributed by atoms with van der Waals surface area (Å²) in [6.07, 6.45) is 2.43. The Morgan fingerprint density at radius 3 is 2.63 bits per heavy atom. The van der Waals surface area contributed by atoms with E-state index in [0.29, 0.717) is 23.0 Å². The molecule has 2 aromatic carbocycles. The molecule has 1 aliphatic heterocycles. The van der Waals surface area contributed by atoms with E-state index in [-0.39, 0.29) is 12.4 Å². The second kappa shape index (κ2) is 9.06. The molecule has 0 spiro atoms. The summed E-state index contributed by atoms with van der Waals surface area (Å²) in [5, 5.41) is 0.625. The zero-order valence-electron chi connectivity index (χ0n) is 16.6. The van der Waals surface area contributed by atoms with Gasteiger partial charge in [-0.1, -0.05) is 48.0 Å². The molecule has 4 rings (SSSR count). The van der Waals surface area contributed by atoms with Crippen molar-refractivity contribution in [2.24, 2.45) is 0 Å². The van der Waals surface area contributed by atoms with Crippen LogP contribution in [0.3, 0.4) is 0 Å². The maximum Gasteiger partial charge on any atom is 0.309 e. The second-order valence-electron chi connectivity index (χ2n) is 7.18. The normalized spacial score (nSPS) is 15.5. The first-order valence-corrected chi connectivity index (χ1v) is 11.4. The Morgan fingerprint density at radius 1 is 1.13 bits per heavy atom. The van der Waals surface area contributed by atoms with Crippen LogP contribution < -0.4 is 0 Å². The average molecular weight is 441 g/mol. The van der Waals surface area contributed by atoms with Gasteiger partial charge in [0.15, 0.2) is 5.82 Å². The standard InChI is InChI=1S/C23H21ClN2O3S/c1-29-21(27)13-16-9-7-15(8-10-16)12-20-22-19(6-3-11-30(22)28)25-23(26-20)17-4-2-5-18(24)14-17/h2,4-5,7-10,14H,3,6,11-13H2,1H3. The molecule has 0 saturated carbocycles. The van der Waals surface area contributed by atoms with Gasteiger partial charge >= 0.3 is 5.97 Å². The number of aryl methyl sites for hydroxylation is 1. The predicted molar refractivity (Wildman–Crippen MR) is 117 cm³/mol. The fourth-order valence-corrected chi connectivity index (χ4v) is 5.13. The number of ether oxygens (including phenoxy) is 1. The largest absolute Gasteiger partial charge is 0.469 e.